The number of aromatic amines is 1. The Morgan fingerprint density at radius 3 is 2.96 bits per heavy atom. The van der Waals surface area contributed by atoms with E-state index in [1.807, 2.05) is 6.92 Å². The number of carbonyl (C=O) groups is 1. The summed E-state index contributed by atoms with van der Waals surface area (Å²) >= 11 is 5.76. The highest BCUT2D eigenvalue weighted by atomic mass is 35.5. The zero-order valence-electron chi connectivity index (χ0n) is 14.8. The summed E-state index contributed by atoms with van der Waals surface area (Å²) in [5.41, 5.74) is 4.11. The smallest absolute Gasteiger partial charge is 0.258 e. The van der Waals surface area contributed by atoms with Gasteiger partial charge in [-0.2, -0.15) is 4.98 Å². The van der Waals surface area contributed by atoms with Crippen LogP contribution >= 0.6 is 11.6 Å². The zero-order chi connectivity index (χ0) is 19.4. The third kappa shape index (κ3) is 2.56. The third-order valence-electron chi connectivity index (χ3n) is 5.18. The van der Waals surface area contributed by atoms with Gasteiger partial charge >= 0.3 is 0 Å². The molecule has 0 saturated heterocycles. The Balaban J connectivity index is 1.64. The number of fused-ring (bicyclic) bond motifs is 5. The number of H-pyrrole nitrogens is 1. The van der Waals surface area contributed by atoms with Crippen molar-refractivity contribution in [1.82, 2.24) is 25.3 Å². The van der Waals surface area contributed by atoms with Crippen molar-refractivity contribution in [2.75, 3.05) is 6.54 Å². The van der Waals surface area contributed by atoms with Crippen molar-refractivity contribution in [2.45, 2.75) is 25.7 Å². The Morgan fingerprint density at radius 1 is 1.29 bits per heavy atom. The number of ether oxygens (including phenoxy) is 1. The van der Waals surface area contributed by atoms with E-state index in [1.54, 1.807) is 6.20 Å². The minimum absolute atomic E-state index is 0.00445. The Morgan fingerprint density at radius 2 is 2.14 bits per heavy atom. The first kappa shape index (κ1) is 17.1. The molecule has 4 heterocycles. The van der Waals surface area contributed by atoms with E-state index in [-0.39, 0.29) is 28.9 Å². The van der Waals surface area contributed by atoms with Crippen LogP contribution in [0.5, 0.6) is 11.8 Å². The molecule has 0 radical (unpaired) electrons. The van der Waals surface area contributed by atoms with E-state index in [0.29, 0.717) is 36.2 Å². The van der Waals surface area contributed by atoms with Gasteiger partial charge in [0.2, 0.25) is 11.2 Å². The first-order valence-electron chi connectivity index (χ1n) is 8.90. The molecule has 9 heteroatoms. The van der Waals surface area contributed by atoms with E-state index in [2.05, 4.69) is 25.3 Å². The van der Waals surface area contributed by atoms with Crippen molar-refractivity contribution in [3.05, 3.63) is 51.9 Å². The molecule has 1 unspecified atom stereocenters. The van der Waals surface area contributed by atoms with Crippen LogP contribution in [0.3, 0.4) is 0 Å². The minimum Gasteiger partial charge on any atom is -0.417 e. The van der Waals surface area contributed by atoms with E-state index in [1.165, 1.54) is 12.3 Å². The molecule has 7 nitrogen and oxygen atoms in total. The number of aryl methyl sites for hydroxylation is 1. The SMILES string of the molecule is CC1CNC(=O)c2c1[nH]c1c2CCc2cnc(Oc3ccnc(Cl)n3)c(F)c2-1. The van der Waals surface area contributed by atoms with Gasteiger partial charge in [-0.1, -0.05) is 6.92 Å². The lowest BCUT2D eigenvalue weighted by Crippen LogP contribution is -2.34. The molecular weight excluding hydrogens is 385 g/mol. The summed E-state index contributed by atoms with van der Waals surface area (Å²) in [5, 5.41) is 2.89. The highest BCUT2D eigenvalue weighted by Crippen LogP contribution is 2.42. The predicted molar refractivity (Wildman–Crippen MR) is 99.3 cm³/mol. The Labute approximate surface area is 164 Å². The molecule has 0 saturated carbocycles. The zero-order valence-corrected chi connectivity index (χ0v) is 15.6. The summed E-state index contributed by atoms with van der Waals surface area (Å²) in [6.07, 6.45) is 4.26. The van der Waals surface area contributed by atoms with Gasteiger partial charge in [-0.25, -0.2) is 14.4 Å². The van der Waals surface area contributed by atoms with Gasteiger partial charge in [0.1, 0.15) is 0 Å². The fourth-order valence-corrected chi connectivity index (χ4v) is 4.00. The summed E-state index contributed by atoms with van der Waals surface area (Å²) < 4.78 is 20.9. The van der Waals surface area contributed by atoms with Crippen LogP contribution in [-0.2, 0) is 12.8 Å². The number of hydrogen-bond acceptors (Lipinski definition) is 5. The monoisotopic (exact) mass is 399 g/mol. The average Bonchev–Trinajstić information content (AvgIpc) is 3.08. The number of nitrogens with one attached hydrogen (secondary N) is 2. The van der Waals surface area contributed by atoms with E-state index < -0.39 is 5.82 Å². The van der Waals surface area contributed by atoms with Gasteiger partial charge in [0.05, 0.1) is 11.3 Å². The molecule has 0 fully saturated rings. The second-order valence-corrected chi connectivity index (χ2v) is 7.26. The van der Waals surface area contributed by atoms with Gasteiger partial charge in [-0.3, -0.25) is 4.79 Å². The number of hydrogen-bond donors (Lipinski definition) is 2. The maximum atomic E-state index is 15.4. The molecule has 28 heavy (non-hydrogen) atoms. The molecule has 1 amide bonds. The molecule has 0 aromatic carbocycles. The Bertz CT molecular complexity index is 1130. The number of pyridine rings is 1. The van der Waals surface area contributed by atoms with Gasteiger partial charge in [0, 0.05) is 42.2 Å². The third-order valence-corrected chi connectivity index (χ3v) is 5.37. The van der Waals surface area contributed by atoms with E-state index in [0.717, 1.165) is 16.8 Å². The van der Waals surface area contributed by atoms with Gasteiger partial charge in [-0.15, -0.1) is 0 Å². The number of rotatable bonds is 2. The lowest BCUT2D eigenvalue weighted by Gasteiger charge is -2.21. The lowest BCUT2D eigenvalue weighted by molar-refractivity contribution is 0.0940. The molecule has 5 rings (SSSR count). The summed E-state index contributed by atoms with van der Waals surface area (Å²) in [6.45, 7) is 2.58. The molecule has 1 aliphatic carbocycles. The van der Waals surface area contributed by atoms with Crippen molar-refractivity contribution >= 4 is 17.5 Å². The van der Waals surface area contributed by atoms with Crippen LogP contribution in [-0.4, -0.2) is 32.4 Å². The van der Waals surface area contributed by atoms with Crippen LogP contribution in [0.25, 0.3) is 11.3 Å². The number of aromatic nitrogens is 4. The van der Waals surface area contributed by atoms with Crippen molar-refractivity contribution in [1.29, 1.82) is 0 Å². The summed E-state index contributed by atoms with van der Waals surface area (Å²) in [7, 11) is 0. The number of amides is 1. The summed E-state index contributed by atoms with van der Waals surface area (Å²) in [6, 6.07) is 1.47. The number of carbonyl (C=O) groups excluding carboxylic acids is 1. The average molecular weight is 400 g/mol. The molecule has 2 N–H and O–H groups in total. The second-order valence-electron chi connectivity index (χ2n) is 6.92. The van der Waals surface area contributed by atoms with Crippen LogP contribution in [0.4, 0.5) is 4.39 Å². The maximum Gasteiger partial charge on any atom is 0.258 e. The van der Waals surface area contributed by atoms with Crippen LogP contribution in [0.1, 0.15) is 40.0 Å². The normalized spacial score (nSPS) is 17.4. The number of halogens is 2. The molecule has 0 bridgehead atoms. The Kier molecular flexibility index (Phi) is 3.83. The minimum atomic E-state index is -0.597. The van der Waals surface area contributed by atoms with Crippen LogP contribution in [0.2, 0.25) is 5.28 Å². The van der Waals surface area contributed by atoms with Crippen molar-refractivity contribution in [3.63, 3.8) is 0 Å². The molecule has 1 atom stereocenters. The van der Waals surface area contributed by atoms with Gasteiger partial charge in [0.15, 0.2) is 5.82 Å². The largest absolute Gasteiger partial charge is 0.417 e. The van der Waals surface area contributed by atoms with Gasteiger partial charge in [0.25, 0.3) is 11.8 Å². The maximum absolute atomic E-state index is 15.4. The fraction of sp³-hybridized carbons (Fsp3) is 0.263. The number of nitrogens with zero attached hydrogens (tertiary/aromatic N) is 3. The quantitative estimate of drug-likeness (QED) is 0.644. The first-order valence-corrected chi connectivity index (χ1v) is 9.27. The molecular formula is C19H15ClFN5O2. The second kappa shape index (κ2) is 6.27. The van der Waals surface area contributed by atoms with Gasteiger partial charge in [-0.05, 0) is 35.6 Å². The molecule has 0 spiro atoms. The molecule has 1 aliphatic heterocycles. The van der Waals surface area contributed by atoms with Crippen LogP contribution in [0, 0.1) is 5.82 Å². The van der Waals surface area contributed by atoms with Gasteiger partial charge < -0.3 is 15.0 Å². The van der Waals surface area contributed by atoms with E-state index >= 15 is 4.39 Å². The lowest BCUT2D eigenvalue weighted by atomic mass is 9.87. The highest BCUT2D eigenvalue weighted by molar-refractivity contribution is 6.28. The summed E-state index contributed by atoms with van der Waals surface area (Å²) in [4.78, 5) is 27.5. The summed E-state index contributed by atoms with van der Waals surface area (Å²) in [5.74, 6) is -0.686. The van der Waals surface area contributed by atoms with E-state index in [9.17, 15) is 4.79 Å². The standard InChI is InChI=1S/C19H15ClFN5O2/c1-8-6-23-17(27)13-10-3-2-9-7-24-18(28-11-4-5-22-19(20)25-11)14(21)12(9)16(10)26-15(8)13/h4-5,7-8,26H,2-3,6H2,1H3,(H,23,27). The highest BCUT2D eigenvalue weighted by Gasteiger charge is 2.34. The first-order chi connectivity index (χ1) is 13.5. The van der Waals surface area contributed by atoms with E-state index in [4.69, 9.17) is 16.3 Å². The van der Waals surface area contributed by atoms with Crippen molar-refractivity contribution < 1.29 is 13.9 Å². The molecule has 3 aromatic heterocycles. The Hall–Kier alpha value is -3.00. The molecule has 142 valence electrons. The topological polar surface area (TPSA) is 92.8 Å². The van der Waals surface area contributed by atoms with Crippen molar-refractivity contribution in [2.24, 2.45) is 0 Å². The van der Waals surface area contributed by atoms with Crippen LogP contribution < -0.4 is 10.1 Å². The van der Waals surface area contributed by atoms with Crippen LogP contribution in [0.15, 0.2) is 18.5 Å². The molecule has 2 aliphatic rings. The van der Waals surface area contributed by atoms with Crippen molar-refractivity contribution in [3.8, 4) is 23.0 Å². The fourth-order valence-electron chi connectivity index (χ4n) is 3.86. The predicted octanol–water partition coefficient (Wildman–Crippen LogP) is 3.40. The molecule has 3 aromatic rings.